The number of para-hydroxylation sites is 3. The third-order valence-corrected chi connectivity index (χ3v) is 5.41. The lowest BCUT2D eigenvalue weighted by Gasteiger charge is -2.04. The highest BCUT2D eigenvalue weighted by Gasteiger charge is 2.23. The predicted octanol–water partition coefficient (Wildman–Crippen LogP) is 2.89. The molecule has 5 aromatic rings. The second-order valence-electron chi connectivity index (χ2n) is 6.09. The zero-order chi connectivity index (χ0) is 18.5. The van der Waals surface area contributed by atoms with Crippen LogP contribution in [-0.4, -0.2) is 45.1 Å². The van der Waals surface area contributed by atoms with Crippen molar-refractivity contribution in [2.75, 3.05) is 0 Å². The summed E-state index contributed by atoms with van der Waals surface area (Å²) in [5.74, 6) is 0.341. The Morgan fingerprint density at radius 2 is 1.70 bits per heavy atom. The van der Waals surface area contributed by atoms with Crippen LogP contribution in [0.3, 0.4) is 0 Å². The van der Waals surface area contributed by atoms with Crippen molar-refractivity contribution in [3.8, 4) is 5.69 Å². The summed E-state index contributed by atoms with van der Waals surface area (Å²) in [5.41, 5.74) is 2.94. The molecule has 27 heavy (non-hydrogen) atoms. The molecule has 0 saturated carbocycles. The second kappa shape index (κ2) is 5.85. The normalized spacial score (nSPS) is 12.9. The lowest BCUT2D eigenvalue weighted by atomic mass is 10.3. The van der Waals surface area contributed by atoms with Crippen molar-refractivity contribution in [2.24, 2.45) is 0 Å². The van der Waals surface area contributed by atoms with Crippen LogP contribution < -0.4 is 0 Å². The molecule has 1 atom stereocenters. The first kappa shape index (κ1) is 15.9. The van der Waals surface area contributed by atoms with E-state index in [0.29, 0.717) is 16.7 Å². The number of carboxylic acid groups (broad SMARTS) is 1. The summed E-state index contributed by atoms with van der Waals surface area (Å²) in [7, 11) is 0. The van der Waals surface area contributed by atoms with E-state index < -0.39 is 11.2 Å². The van der Waals surface area contributed by atoms with Gasteiger partial charge >= 0.3 is 5.97 Å². The molecule has 0 bridgehead atoms. The summed E-state index contributed by atoms with van der Waals surface area (Å²) < 4.78 is 5.59. The molecule has 3 aromatic heterocycles. The largest absolute Gasteiger partial charge is 0.480 e. The highest BCUT2D eigenvalue weighted by molar-refractivity contribution is 8.00. The standard InChI is InChI=1S/C18H14N6O2S/c1-11(15(25)26)27-18-20-19-16-23-14-10-6-5-9-13(14)22(17(23)21-24(16)18)12-7-3-2-4-8-12/h2-11H,1H3,(H,25,26). The summed E-state index contributed by atoms with van der Waals surface area (Å²) in [6.45, 7) is 1.61. The van der Waals surface area contributed by atoms with Gasteiger partial charge in [0.15, 0.2) is 0 Å². The number of nitrogens with zero attached hydrogens (tertiary/aromatic N) is 6. The number of carbonyl (C=O) groups is 1. The number of benzene rings is 2. The average Bonchev–Trinajstić information content (AvgIpc) is 3.32. The van der Waals surface area contributed by atoms with Crippen LogP contribution in [0.5, 0.6) is 0 Å². The Labute approximate surface area is 157 Å². The van der Waals surface area contributed by atoms with E-state index in [1.165, 1.54) is 0 Å². The highest BCUT2D eigenvalue weighted by Crippen LogP contribution is 2.28. The van der Waals surface area contributed by atoms with E-state index in [2.05, 4.69) is 14.8 Å². The van der Waals surface area contributed by atoms with E-state index in [1.54, 1.807) is 11.4 Å². The van der Waals surface area contributed by atoms with Gasteiger partial charge in [0.05, 0.1) is 11.0 Å². The van der Waals surface area contributed by atoms with Crippen LogP contribution in [0, 0.1) is 0 Å². The van der Waals surface area contributed by atoms with Crippen molar-refractivity contribution in [1.82, 2.24) is 28.8 Å². The van der Waals surface area contributed by atoms with Crippen LogP contribution in [0.4, 0.5) is 0 Å². The molecule has 3 heterocycles. The lowest BCUT2D eigenvalue weighted by molar-refractivity contribution is -0.136. The van der Waals surface area contributed by atoms with Gasteiger partial charge in [0.2, 0.25) is 10.9 Å². The molecule has 0 aliphatic carbocycles. The van der Waals surface area contributed by atoms with Crippen LogP contribution >= 0.6 is 11.8 Å². The van der Waals surface area contributed by atoms with Crippen molar-refractivity contribution < 1.29 is 9.90 Å². The molecule has 0 amide bonds. The molecule has 5 rings (SSSR count). The molecule has 0 fully saturated rings. The Morgan fingerprint density at radius 1 is 1.00 bits per heavy atom. The maximum absolute atomic E-state index is 11.2. The van der Waals surface area contributed by atoms with Gasteiger partial charge in [-0.3, -0.25) is 9.36 Å². The van der Waals surface area contributed by atoms with E-state index >= 15 is 0 Å². The van der Waals surface area contributed by atoms with Crippen LogP contribution in [0.25, 0.3) is 28.3 Å². The van der Waals surface area contributed by atoms with Gasteiger partial charge in [-0.1, -0.05) is 42.1 Å². The molecule has 1 N–H and O–H groups in total. The Bertz CT molecular complexity index is 1300. The van der Waals surface area contributed by atoms with Gasteiger partial charge in [-0.05, 0) is 31.2 Å². The molecule has 0 aliphatic rings. The molecule has 0 spiro atoms. The molecule has 0 saturated heterocycles. The smallest absolute Gasteiger partial charge is 0.316 e. The molecule has 0 aliphatic heterocycles. The van der Waals surface area contributed by atoms with Crippen LogP contribution in [0.15, 0.2) is 59.8 Å². The van der Waals surface area contributed by atoms with Crippen molar-refractivity contribution >= 4 is 40.3 Å². The first-order valence-corrected chi connectivity index (χ1v) is 9.21. The molecule has 2 aromatic carbocycles. The molecule has 134 valence electrons. The summed E-state index contributed by atoms with van der Waals surface area (Å²) in [6.07, 6.45) is 0. The van der Waals surface area contributed by atoms with Crippen LogP contribution in [0.2, 0.25) is 0 Å². The number of hydrogen-bond acceptors (Lipinski definition) is 5. The Morgan fingerprint density at radius 3 is 2.44 bits per heavy atom. The number of imidazole rings is 1. The second-order valence-corrected chi connectivity index (χ2v) is 7.40. The summed E-state index contributed by atoms with van der Waals surface area (Å²) >= 11 is 1.12. The van der Waals surface area contributed by atoms with Crippen molar-refractivity contribution in [3.63, 3.8) is 0 Å². The Hall–Kier alpha value is -3.33. The number of carboxylic acids is 1. The monoisotopic (exact) mass is 378 g/mol. The molecule has 1 unspecified atom stereocenters. The maximum Gasteiger partial charge on any atom is 0.316 e. The fourth-order valence-electron chi connectivity index (χ4n) is 3.13. The summed E-state index contributed by atoms with van der Waals surface area (Å²) in [5, 5.41) is 22.1. The van der Waals surface area contributed by atoms with Gasteiger partial charge in [0, 0.05) is 5.69 Å². The van der Waals surface area contributed by atoms with Crippen molar-refractivity contribution in [1.29, 1.82) is 0 Å². The summed E-state index contributed by atoms with van der Waals surface area (Å²) in [4.78, 5) is 11.2. The number of hydrogen-bond donors (Lipinski definition) is 1. The topological polar surface area (TPSA) is 89.7 Å². The van der Waals surface area contributed by atoms with Crippen LogP contribution in [-0.2, 0) is 4.79 Å². The van der Waals surface area contributed by atoms with Gasteiger partial charge in [-0.15, -0.1) is 15.3 Å². The first-order chi connectivity index (χ1) is 13.1. The molecular weight excluding hydrogens is 364 g/mol. The zero-order valence-electron chi connectivity index (χ0n) is 14.2. The predicted molar refractivity (Wildman–Crippen MR) is 102 cm³/mol. The van der Waals surface area contributed by atoms with Gasteiger partial charge in [0.1, 0.15) is 5.25 Å². The number of aliphatic carboxylic acids is 1. The molecular formula is C18H14N6O2S. The SMILES string of the molecule is CC(Sc1nnc2n1nc1n(-c3ccccc3)c3ccccc3n12)C(=O)O. The van der Waals surface area contributed by atoms with Gasteiger partial charge in [-0.25, -0.2) is 4.40 Å². The van der Waals surface area contributed by atoms with E-state index in [-0.39, 0.29) is 0 Å². The van der Waals surface area contributed by atoms with E-state index in [4.69, 9.17) is 5.10 Å². The number of aromatic nitrogens is 6. The fraction of sp³-hybridized carbons (Fsp3) is 0.111. The van der Waals surface area contributed by atoms with E-state index in [1.807, 2.05) is 59.0 Å². The van der Waals surface area contributed by atoms with Gasteiger partial charge in [0.25, 0.3) is 5.78 Å². The Balaban J connectivity index is 1.82. The average molecular weight is 378 g/mol. The lowest BCUT2D eigenvalue weighted by Crippen LogP contribution is -2.12. The van der Waals surface area contributed by atoms with Crippen molar-refractivity contribution in [3.05, 3.63) is 54.6 Å². The third-order valence-electron chi connectivity index (χ3n) is 4.39. The highest BCUT2D eigenvalue weighted by atomic mass is 32.2. The molecule has 9 heteroatoms. The quantitative estimate of drug-likeness (QED) is 0.484. The Kier molecular flexibility index (Phi) is 3.44. The van der Waals surface area contributed by atoms with Gasteiger partial charge in [-0.2, -0.15) is 4.52 Å². The first-order valence-electron chi connectivity index (χ1n) is 8.33. The minimum Gasteiger partial charge on any atom is -0.480 e. The molecule has 0 radical (unpaired) electrons. The number of fused-ring (bicyclic) bond motifs is 5. The van der Waals surface area contributed by atoms with E-state index in [0.717, 1.165) is 28.5 Å². The van der Waals surface area contributed by atoms with Crippen LogP contribution in [0.1, 0.15) is 6.92 Å². The number of thioether (sulfide) groups is 1. The zero-order valence-corrected chi connectivity index (χ0v) is 15.0. The van der Waals surface area contributed by atoms with E-state index in [9.17, 15) is 9.90 Å². The minimum atomic E-state index is -0.903. The summed E-state index contributed by atoms with van der Waals surface area (Å²) in [6, 6.07) is 17.9. The molecule has 8 nitrogen and oxygen atoms in total. The third kappa shape index (κ3) is 2.32. The minimum absolute atomic E-state index is 0.451. The van der Waals surface area contributed by atoms with Crippen molar-refractivity contribution in [2.45, 2.75) is 17.3 Å². The van der Waals surface area contributed by atoms with Gasteiger partial charge < -0.3 is 5.11 Å². The number of rotatable bonds is 4. The maximum atomic E-state index is 11.2. The fourth-order valence-corrected chi connectivity index (χ4v) is 3.86.